The molecule has 0 bridgehead atoms. The van der Waals surface area contributed by atoms with Crippen molar-refractivity contribution >= 4 is 11.9 Å². The minimum atomic E-state index is -0.141. The van der Waals surface area contributed by atoms with Gasteiger partial charge in [0.1, 0.15) is 6.10 Å². The fourth-order valence-electron chi connectivity index (χ4n) is 7.55. The van der Waals surface area contributed by atoms with Crippen LogP contribution in [0.3, 0.4) is 0 Å². The summed E-state index contributed by atoms with van der Waals surface area (Å²) in [6.07, 6.45) is 11.3. The number of fused-ring (bicyclic) bond motifs is 5. The Hall–Kier alpha value is -1.32. The molecule has 4 heteroatoms. The number of methoxy groups -OCH3 is 1. The van der Waals surface area contributed by atoms with Crippen LogP contribution < -0.4 is 0 Å². The Morgan fingerprint density at radius 1 is 1.07 bits per heavy atom. The fourth-order valence-corrected chi connectivity index (χ4v) is 7.55. The molecule has 0 aromatic carbocycles. The zero-order valence-electron chi connectivity index (χ0n) is 17.3. The number of rotatable bonds is 2. The third-order valence-corrected chi connectivity index (χ3v) is 8.94. The van der Waals surface area contributed by atoms with Gasteiger partial charge < -0.3 is 9.47 Å². The molecule has 0 amide bonds. The largest absolute Gasteiger partial charge is 0.466 e. The van der Waals surface area contributed by atoms with E-state index in [0.717, 1.165) is 43.6 Å². The molecule has 0 unspecified atom stereocenters. The maximum atomic E-state index is 12.3. The Balaban J connectivity index is 1.53. The van der Waals surface area contributed by atoms with Crippen molar-refractivity contribution in [2.45, 2.75) is 78.2 Å². The average molecular weight is 375 g/mol. The molecule has 0 radical (unpaired) electrons. The topological polar surface area (TPSA) is 52.6 Å². The zero-order valence-corrected chi connectivity index (χ0v) is 17.3. The van der Waals surface area contributed by atoms with Crippen LogP contribution in [-0.4, -0.2) is 25.2 Å². The van der Waals surface area contributed by atoms with Crippen LogP contribution in [0.2, 0.25) is 0 Å². The van der Waals surface area contributed by atoms with Crippen LogP contribution in [0, 0.1) is 34.5 Å². The van der Waals surface area contributed by atoms with E-state index < -0.39 is 0 Å². The van der Waals surface area contributed by atoms with Crippen molar-refractivity contribution < 1.29 is 19.1 Å². The Labute approximate surface area is 163 Å². The third-order valence-electron chi connectivity index (χ3n) is 8.94. The molecule has 3 saturated carbocycles. The van der Waals surface area contributed by atoms with E-state index in [1.807, 2.05) is 0 Å². The van der Waals surface area contributed by atoms with E-state index >= 15 is 0 Å². The first-order chi connectivity index (χ1) is 12.8. The normalized spacial score (nSPS) is 45.8. The van der Waals surface area contributed by atoms with Crippen LogP contribution in [0.4, 0.5) is 0 Å². The molecule has 0 aliphatic heterocycles. The van der Waals surface area contributed by atoms with Crippen molar-refractivity contribution in [3.05, 3.63) is 11.6 Å². The molecular weight excluding hydrogens is 340 g/mol. The summed E-state index contributed by atoms with van der Waals surface area (Å²) in [7, 11) is 1.50. The highest BCUT2D eigenvalue weighted by atomic mass is 16.5. The van der Waals surface area contributed by atoms with Crippen LogP contribution in [0.1, 0.15) is 72.1 Å². The van der Waals surface area contributed by atoms with Crippen LogP contribution in [0.25, 0.3) is 0 Å². The number of carbonyl (C=O) groups excluding carboxylic acids is 2. The van der Waals surface area contributed by atoms with Gasteiger partial charge in [-0.25, -0.2) is 4.79 Å². The van der Waals surface area contributed by atoms with E-state index in [4.69, 9.17) is 9.47 Å². The van der Waals surface area contributed by atoms with Crippen molar-refractivity contribution in [3.8, 4) is 0 Å². The number of esters is 2. The van der Waals surface area contributed by atoms with Crippen molar-refractivity contribution in [2.75, 3.05) is 7.11 Å². The smallest absolute Gasteiger partial charge is 0.333 e. The van der Waals surface area contributed by atoms with Gasteiger partial charge >= 0.3 is 11.9 Å². The van der Waals surface area contributed by atoms with E-state index in [1.165, 1.54) is 33.3 Å². The van der Waals surface area contributed by atoms with Crippen LogP contribution in [0.5, 0.6) is 0 Å². The summed E-state index contributed by atoms with van der Waals surface area (Å²) in [6.45, 7) is 6.33. The summed E-state index contributed by atoms with van der Waals surface area (Å²) in [5.74, 6) is 2.41. The Bertz CT molecular complexity index is 667. The number of carbonyl (C=O) groups is 2. The van der Waals surface area contributed by atoms with Crippen LogP contribution >= 0.6 is 0 Å². The van der Waals surface area contributed by atoms with E-state index in [1.54, 1.807) is 0 Å². The standard InChI is InChI=1S/C23H34O4/c1-14(24)27-16-9-11-22(2)15(13-16)5-6-17-18-7-8-20(21(25)26-4)23(18,3)12-10-19(17)22/h8,15-19H,5-7,9-13H2,1-4H3/t15-,16+,17-,18+,19-,22-,23-/m0/s1. The summed E-state index contributed by atoms with van der Waals surface area (Å²) in [4.78, 5) is 23.7. The summed E-state index contributed by atoms with van der Waals surface area (Å²) in [5.41, 5.74) is 1.28. The van der Waals surface area contributed by atoms with E-state index in [2.05, 4.69) is 19.9 Å². The van der Waals surface area contributed by atoms with Crippen molar-refractivity contribution in [1.29, 1.82) is 0 Å². The zero-order chi connectivity index (χ0) is 19.4. The third kappa shape index (κ3) is 2.86. The lowest BCUT2D eigenvalue weighted by atomic mass is 9.44. The molecule has 4 aliphatic carbocycles. The first kappa shape index (κ1) is 19.0. The van der Waals surface area contributed by atoms with Crippen molar-refractivity contribution in [3.63, 3.8) is 0 Å². The highest BCUT2D eigenvalue weighted by Gasteiger charge is 2.59. The minimum Gasteiger partial charge on any atom is -0.466 e. The van der Waals surface area contributed by atoms with Gasteiger partial charge in [-0.05, 0) is 80.5 Å². The summed E-state index contributed by atoms with van der Waals surface area (Å²) in [5, 5.41) is 0. The van der Waals surface area contributed by atoms with E-state index in [9.17, 15) is 9.59 Å². The lowest BCUT2D eigenvalue weighted by molar-refractivity contribution is -0.159. The molecule has 7 atom stereocenters. The molecule has 0 heterocycles. The quantitative estimate of drug-likeness (QED) is 0.659. The second-order valence-corrected chi connectivity index (χ2v) is 9.96. The summed E-state index contributed by atoms with van der Waals surface area (Å²) in [6, 6.07) is 0. The lowest BCUT2D eigenvalue weighted by Gasteiger charge is -2.60. The minimum absolute atomic E-state index is 0.00754. The molecular formula is C23H34O4. The number of hydrogen-bond acceptors (Lipinski definition) is 4. The Morgan fingerprint density at radius 2 is 1.85 bits per heavy atom. The second-order valence-electron chi connectivity index (χ2n) is 9.96. The lowest BCUT2D eigenvalue weighted by Crippen LogP contribution is -2.54. The maximum Gasteiger partial charge on any atom is 0.333 e. The summed E-state index contributed by atoms with van der Waals surface area (Å²) >= 11 is 0. The predicted octanol–water partition coefficient (Wildman–Crippen LogP) is 4.67. The van der Waals surface area contributed by atoms with Gasteiger partial charge in [0.15, 0.2) is 0 Å². The van der Waals surface area contributed by atoms with Gasteiger partial charge in [-0.2, -0.15) is 0 Å². The van der Waals surface area contributed by atoms with E-state index in [0.29, 0.717) is 23.2 Å². The number of ether oxygens (including phenoxy) is 2. The molecule has 0 saturated heterocycles. The van der Waals surface area contributed by atoms with E-state index in [-0.39, 0.29) is 23.5 Å². The first-order valence-electron chi connectivity index (χ1n) is 10.8. The van der Waals surface area contributed by atoms with Crippen LogP contribution in [0.15, 0.2) is 11.6 Å². The maximum absolute atomic E-state index is 12.3. The van der Waals surface area contributed by atoms with Gasteiger partial charge in [-0.15, -0.1) is 0 Å². The predicted molar refractivity (Wildman–Crippen MR) is 103 cm³/mol. The molecule has 150 valence electrons. The Kier molecular flexibility index (Phi) is 4.67. The highest BCUT2D eigenvalue weighted by molar-refractivity contribution is 5.90. The van der Waals surface area contributed by atoms with Gasteiger partial charge in [-0.1, -0.05) is 19.9 Å². The molecule has 27 heavy (non-hydrogen) atoms. The molecule has 4 aliphatic rings. The van der Waals surface area contributed by atoms with Gasteiger partial charge in [-0.3, -0.25) is 4.79 Å². The van der Waals surface area contributed by atoms with Crippen LogP contribution in [-0.2, 0) is 19.1 Å². The molecule has 0 aromatic heterocycles. The Morgan fingerprint density at radius 3 is 2.56 bits per heavy atom. The van der Waals surface area contributed by atoms with Gasteiger partial charge in [0.2, 0.25) is 0 Å². The second kappa shape index (κ2) is 6.63. The first-order valence-corrected chi connectivity index (χ1v) is 10.8. The number of allylic oxidation sites excluding steroid dienone is 1. The van der Waals surface area contributed by atoms with Gasteiger partial charge in [0, 0.05) is 17.9 Å². The molecule has 0 N–H and O–H groups in total. The number of hydrogen-bond donors (Lipinski definition) is 0. The molecule has 3 fully saturated rings. The van der Waals surface area contributed by atoms with Crippen molar-refractivity contribution in [2.24, 2.45) is 34.5 Å². The molecule has 0 spiro atoms. The monoisotopic (exact) mass is 374 g/mol. The fraction of sp³-hybridized carbons (Fsp3) is 0.826. The SMILES string of the molecule is COC(=O)C1=CC[C@@H]2[C@@H]3CC[C@H]4C[C@H](OC(C)=O)CC[C@]4(C)[C@H]3CC[C@]12C. The molecule has 0 aromatic rings. The molecule has 4 rings (SSSR count). The van der Waals surface area contributed by atoms with Crippen molar-refractivity contribution in [1.82, 2.24) is 0 Å². The summed E-state index contributed by atoms with van der Waals surface area (Å²) < 4.78 is 10.6. The highest BCUT2D eigenvalue weighted by Crippen LogP contribution is 2.66. The molecule has 4 nitrogen and oxygen atoms in total. The average Bonchev–Trinajstić information content (AvgIpc) is 2.98. The van der Waals surface area contributed by atoms with Gasteiger partial charge in [0.25, 0.3) is 0 Å². The van der Waals surface area contributed by atoms with Gasteiger partial charge in [0.05, 0.1) is 7.11 Å².